The van der Waals surface area contributed by atoms with Crippen molar-refractivity contribution in [2.45, 2.75) is 33.2 Å². The molecule has 1 rings (SSSR count). The van der Waals surface area contributed by atoms with Crippen LogP contribution in [0.15, 0.2) is 24.3 Å². The quantitative estimate of drug-likeness (QED) is 0.679. The van der Waals surface area contributed by atoms with Gasteiger partial charge in [-0.15, -0.1) is 0 Å². The van der Waals surface area contributed by atoms with Crippen LogP contribution in [0, 0.1) is 0 Å². The predicted octanol–water partition coefficient (Wildman–Crippen LogP) is 1.66. The Bertz CT molecular complexity index is 470. The van der Waals surface area contributed by atoms with Crippen LogP contribution >= 0.6 is 0 Å². The lowest BCUT2D eigenvalue weighted by Gasteiger charge is -2.18. The normalized spacial score (nSPS) is 10.4. The first-order chi connectivity index (χ1) is 10.1. The molecule has 0 saturated carbocycles. The molecule has 5 heteroatoms. The summed E-state index contributed by atoms with van der Waals surface area (Å²) in [4.78, 5) is 24.5. The molecule has 0 aliphatic heterocycles. The van der Waals surface area contributed by atoms with Crippen LogP contribution in [0.2, 0.25) is 0 Å². The number of rotatable bonds is 9. The van der Waals surface area contributed by atoms with Gasteiger partial charge in [0.05, 0.1) is 6.42 Å². The predicted molar refractivity (Wildman–Crippen MR) is 82.0 cm³/mol. The Kier molecular flexibility index (Phi) is 7.46. The fourth-order valence-corrected chi connectivity index (χ4v) is 2.22. The monoisotopic (exact) mass is 292 g/mol. The number of amides is 1. The maximum atomic E-state index is 11.8. The number of nitrogens with zero attached hydrogens (tertiary/aromatic N) is 1. The highest BCUT2D eigenvalue weighted by molar-refractivity contribution is 5.76. The summed E-state index contributed by atoms with van der Waals surface area (Å²) in [5.41, 5.74) is 1.78. The number of carbonyl (C=O) groups is 2. The van der Waals surface area contributed by atoms with Crippen molar-refractivity contribution in [1.29, 1.82) is 0 Å². The first-order valence-electron chi connectivity index (χ1n) is 7.35. The van der Waals surface area contributed by atoms with Gasteiger partial charge in [-0.05, 0) is 25.0 Å². The average molecular weight is 292 g/mol. The van der Waals surface area contributed by atoms with Gasteiger partial charge in [0.1, 0.15) is 0 Å². The minimum atomic E-state index is -0.834. The smallest absolute Gasteiger partial charge is 0.307 e. The molecule has 2 N–H and O–H groups in total. The van der Waals surface area contributed by atoms with E-state index in [1.807, 2.05) is 38.1 Å². The van der Waals surface area contributed by atoms with Crippen molar-refractivity contribution in [2.75, 3.05) is 19.6 Å². The molecular weight excluding hydrogens is 268 g/mol. The maximum Gasteiger partial charge on any atom is 0.307 e. The molecule has 1 amide bonds. The van der Waals surface area contributed by atoms with Gasteiger partial charge in [0.2, 0.25) is 5.91 Å². The molecule has 21 heavy (non-hydrogen) atoms. The number of carbonyl (C=O) groups excluding carboxylic acids is 1. The third-order valence-corrected chi connectivity index (χ3v) is 3.41. The van der Waals surface area contributed by atoms with Crippen LogP contribution in [-0.4, -0.2) is 41.5 Å². The Hall–Kier alpha value is -1.88. The molecule has 0 saturated heterocycles. The third-order valence-electron chi connectivity index (χ3n) is 3.41. The summed E-state index contributed by atoms with van der Waals surface area (Å²) in [7, 11) is 0. The number of hydrogen-bond donors (Lipinski definition) is 2. The molecule has 0 atom stereocenters. The SMILES string of the molecule is CCN(CC)C(=O)CCNCc1ccccc1CC(=O)O. The number of aliphatic carboxylic acids is 1. The first-order valence-corrected chi connectivity index (χ1v) is 7.35. The van der Waals surface area contributed by atoms with E-state index in [2.05, 4.69) is 5.32 Å². The summed E-state index contributed by atoms with van der Waals surface area (Å²) >= 11 is 0. The first kappa shape index (κ1) is 17.2. The Morgan fingerprint density at radius 1 is 1.14 bits per heavy atom. The lowest BCUT2D eigenvalue weighted by molar-refractivity contribution is -0.136. The molecule has 0 bridgehead atoms. The zero-order valence-corrected chi connectivity index (χ0v) is 12.8. The van der Waals surface area contributed by atoms with E-state index >= 15 is 0 Å². The lowest BCUT2D eigenvalue weighted by atomic mass is 10.0. The van der Waals surface area contributed by atoms with Crippen LogP contribution in [0.1, 0.15) is 31.4 Å². The summed E-state index contributed by atoms with van der Waals surface area (Å²) in [5, 5.41) is 12.1. The van der Waals surface area contributed by atoms with Gasteiger partial charge in [-0.1, -0.05) is 24.3 Å². The lowest BCUT2D eigenvalue weighted by Crippen LogP contribution is -2.32. The van der Waals surface area contributed by atoms with Crippen molar-refractivity contribution in [3.63, 3.8) is 0 Å². The number of carboxylic acids is 1. The molecule has 5 nitrogen and oxygen atoms in total. The average Bonchev–Trinajstić information content (AvgIpc) is 2.46. The molecule has 1 aromatic rings. The fraction of sp³-hybridized carbons (Fsp3) is 0.500. The van der Waals surface area contributed by atoms with Gasteiger partial charge < -0.3 is 15.3 Å². The van der Waals surface area contributed by atoms with Crippen molar-refractivity contribution in [1.82, 2.24) is 10.2 Å². The van der Waals surface area contributed by atoms with Gasteiger partial charge in [-0.3, -0.25) is 9.59 Å². The maximum absolute atomic E-state index is 11.8. The molecule has 1 aromatic carbocycles. The van der Waals surface area contributed by atoms with Gasteiger partial charge in [-0.2, -0.15) is 0 Å². The summed E-state index contributed by atoms with van der Waals surface area (Å²) in [5.74, 6) is -0.689. The van der Waals surface area contributed by atoms with E-state index in [0.29, 0.717) is 19.5 Å². The zero-order valence-electron chi connectivity index (χ0n) is 12.8. The van der Waals surface area contributed by atoms with Gasteiger partial charge >= 0.3 is 5.97 Å². The van der Waals surface area contributed by atoms with Crippen molar-refractivity contribution < 1.29 is 14.7 Å². The summed E-state index contributed by atoms with van der Waals surface area (Å²) in [6.45, 7) is 6.58. The van der Waals surface area contributed by atoms with Crippen LogP contribution in [0.25, 0.3) is 0 Å². The van der Waals surface area contributed by atoms with E-state index in [1.54, 1.807) is 4.90 Å². The van der Waals surface area contributed by atoms with Crippen LogP contribution in [0.3, 0.4) is 0 Å². The van der Waals surface area contributed by atoms with E-state index in [9.17, 15) is 9.59 Å². The summed E-state index contributed by atoms with van der Waals surface area (Å²) in [6.07, 6.45) is 0.485. The van der Waals surface area contributed by atoms with E-state index in [-0.39, 0.29) is 12.3 Å². The Morgan fingerprint density at radius 3 is 2.33 bits per heavy atom. The van der Waals surface area contributed by atoms with Gasteiger partial charge in [-0.25, -0.2) is 0 Å². The standard InChI is InChI=1S/C16H24N2O3/c1-3-18(4-2)15(19)9-10-17-12-14-8-6-5-7-13(14)11-16(20)21/h5-8,17H,3-4,9-12H2,1-2H3,(H,20,21). The molecular formula is C16H24N2O3. The van der Waals surface area contributed by atoms with Crippen molar-refractivity contribution >= 4 is 11.9 Å². The van der Waals surface area contributed by atoms with Gasteiger partial charge in [0, 0.05) is 32.6 Å². The number of carboxylic acid groups (broad SMARTS) is 1. The Labute approximate surface area is 126 Å². The van der Waals surface area contributed by atoms with Gasteiger partial charge in [0.25, 0.3) is 0 Å². The number of nitrogens with one attached hydrogen (secondary N) is 1. The van der Waals surface area contributed by atoms with Crippen molar-refractivity contribution in [3.05, 3.63) is 35.4 Å². The van der Waals surface area contributed by atoms with Gasteiger partial charge in [0.15, 0.2) is 0 Å². The highest BCUT2D eigenvalue weighted by Gasteiger charge is 2.09. The van der Waals surface area contributed by atoms with E-state index in [4.69, 9.17) is 5.11 Å². The molecule has 0 heterocycles. The number of benzene rings is 1. The molecule has 0 spiro atoms. The minimum absolute atomic E-state index is 0.0240. The van der Waals surface area contributed by atoms with Crippen LogP contribution in [0.5, 0.6) is 0 Å². The van der Waals surface area contributed by atoms with Crippen LogP contribution in [0.4, 0.5) is 0 Å². The third kappa shape index (κ3) is 5.95. The molecule has 0 aliphatic carbocycles. The molecule has 0 radical (unpaired) electrons. The molecule has 0 aliphatic rings. The Morgan fingerprint density at radius 2 is 1.76 bits per heavy atom. The zero-order chi connectivity index (χ0) is 15.7. The molecule has 116 valence electrons. The Balaban J connectivity index is 2.42. The highest BCUT2D eigenvalue weighted by atomic mass is 16.4. The molecule has 0 aromatic heterocycles. The van der Waals surface area contributed by atoms with Crippen LogP contribution < -0.4 is 5.32 Å². The summed E-state index contributed by atoms with van der Waals surface area (Å²) in [6, 6.07) is 7.47. The largest absolute Gasteiger partial charge is 0.481 e. The highest BCUT2D eigenvalue weighted by Crippen LogP contribution is 2.09. The second-order valence-electron chi connectivity index (χ2n) is 4.83. The summed E-state index contributed by atoms with van der Waals surface area (Å²) < 4.78 is 0. The van der Waals surface area contributed by atoms with E-state index < -0.39 is 5.97 Å². The molecule has 0 fully saturated rings. The van der Waals surface area contributed by atoms with E-state index in [0.717, 1.165) is 24.2 Å². The number of hydrogen-bond acceptors (Lipinski definition) is 3. The van der Waals surface area contributed by atoms with E-state index in [1.165, 1.54) is 0 Å². The van der Waals surface area contributed by atoms with Crippen LogP contribution in [-0.2, 0) is 22.6 Å². The molecule has 0 unspecified atom stereocenters. The van der Waals surface area contributed by atoms with Crippen molar-refractivity contribution in [2.24, 2.45) is 0 Å². The van der Waals surface area contributed by atoms with Crippen molar-refractivity contribution in [3.8, 4) is 0 Å². The minimum Gasteiger partial charge on any atom is -0.481 e. The fourth-order valence-electron chi connectivity index (χ4n) is 2.22. The second-order valence-corrected chi connectivity index (χ2v) is 4.83. The topological polar surface area (TPSA) is 69.6 Å². The second kappa shape index (κ2) is 9.13.